The number of hydrogen-bond donors (Lipinski definition) is 1. The van der Waals surface area contributed by atoms with Crippen LogP contribution < -0.4 is 10.9 Å². The molecular formula is C18H15ClFN3O2. The molecular weight excluding hydrogens is 345 g/mol. The predicted molar refractivity (Wildman–Crippen MR) is 95.1 cm³/mol. The summed E-state index contributed by atoms with van der Waals surface area (Å²) in [6, 6.07) is 12.8. The van der Waals surface area contributed by atoms with Gasteiger partial charge in [-0.15, -0.1) is 0 Å². The molecule has 0 radical (unpaired) electrons. The molecule has 2 aromatic carbocycles. The van der Waals surface area contributed by atoms with Crippen molar-refractivity contribution in [3.8, 4) is 5.69 Å². The van der Waals surface area contributed by atoms with E-state index in [0.29, 0.717) is 11.4 Å². The van der Waals surface area contributed by atoms with Crippen LogP contribution in [0.1, 0.15) is 16.1 Å². The molecule has 3 aromatic rings. The van der Waals surface area contributed by atoms with Crippen LogP contribution in [0.15, 0.2) is 53.3 Å². The molecule has 1 heterocycles. The molecule has 1 N–H and O–H groups in total. The van der Waals surface area contributed by atoms with Crippen LogP contribution in [0.25, 0.3) is 5.69 Å². The zero-order valence-corrected chi connectivity index (χ0v) is 14.3. The average Bonchev–Trinajstić information content (AvgIpc) is 2.79. The maximum Gasteiger partial charge on any atom is 0.295 e. The molecule has 5 nitrogen and oxygen atoms in total. The van der Waals surface area contributed by atoms with E-state index in [1.54, 1.807) is 30.8 Å². The van der Waals surface area contributed by atoms with E-state index in [-0.39, 0.29) is 16.3 Å². The molecule has 0 aliphatic carbocycles. The minimum Gasteiger partial charge on any atom is -0.316 e. The number of carbonyl (C=O) groups excluding carboxylic acids is 1. The number of carbonyl (C=O) groups is 1. The lowest BCUT2D eigenvalue weighted by atomic mass is 10.2. The van der Waals surface area contributed by atoms with Crippen molar-refractivity contribution in [1.29, 1.82) is 0 Å². The van der Waals surface area contributed by atoms with E-state index in [1.807, 2.05) is 18.2 Å². The van der Waals surface area contributed by atoms with Gasteiger partial charge in [-0.05, 0) is 37.3 Å². The summed E-state index contributed by atoms with van der Waals surface area (Å²) in [5, 5.41) is 2.70. The number of anilines is 1. The van der Waals surface area contributed by atoms with Crippen molar-refractivity contribution in [1.82, 2.24) is 9.36 Å². The first kappa shape index (κ1) is 17.0. The second-order valence-corrected chi connectivity index (χ2v) is 5.95. The summed E-state index contributed by atoms with van der Waals surface area (Å²) >= 11 is 5.70. The smallest absolute Gasteiger partial charge is 0.295 e. The summed E-state index contributed by atoms with van der Waals surface area (Å²) in [5.74, 6) is -1.46. The topological polar surface area (TPSA) is 56.0 Å². The Morgan fingerprint density at radius 1 is 1.16 bits per heavy atom. The Morgan fingerprint density at radius 3 is 2.48 bits per heavy atom. The molecule has 25 heavy (non-hydrogen) atoms. The zero-order chi connectivity index (χ0) is 18.1. The van der Waals surface area contributed by atoms with Gasteiger partial charge in [0, 0.05) is 12.1 Å². The lowest BCUT2D eigenvalue weighted by Gasteiger charge is -2.07. The molecule has 0 fully saturated rings. The maximum absolute atomic E-state index is 13.9. The summed E-state index contributed by atoms with van der Waals surface area (Å²) in [4.78, 5) is 25.1. The minimum absolute atomic E-state index is 0.103. The van der Waals surface area contributed by atoms with Gasteiger partial charge in [-0.3, -0.25) is 14.3 Å². The summed E-state index contributed by atoms with van der Waals surface area (Å²) in [7, 11) is 1.71. The molecule has 0 atom stereocenters. The molecule has 0 saturated carbocycles. The van der Waals surface area contributed by atoms with Gasteiger partial charge < -0.3 is 5.32 Å². The Balaban J connectivity index is 2.02. The molecule has 0 bridgehead atoms. The minimum atomic E-state index is -0.748. The van der Waals surface area contributed by atoms with Crippen LogP contribution in [-0.2, 0) is 7.05 Å². The molecule has 0 aliphatic heterocycles. The third-order valence-electron chi connectivity index (χ3n) is 3.97. The van der Waals surface area contributed by atoms with Crippen molar-refractivity contribution in [3.63, 3.8) is 0 Å². The Morgan fingerprint density at radius 2 is 1.84 bits per heavy atom. The first-order valence-electron chi connectivity index (χ1n) is 7.50. The average molecular weight is 360 g/mol. The van der Waals surface area contributed by atoms with Gasteiger partial charge in [-0.25, -0.2) is 9.07 Å². The van der Waals surface area contributed by atoms with E-state index in [2.05, 4.69) is 5.32 Å². The second-order valence-electron chi connectivity index (χ2n) is 5.51. The van der Waals surface area contributed by atoms with E-state index in [0.717, 1.165) is 6.07 Å². The van der Waals surface area contributed by atoms with Crippen molar-refractivity contribution in [2.45, 2.75) is 6.92 Å². The highest BCUT2D eigenvalue weighted by Gasteiger charge is 2.20. The highest BCUT2D eigenvalue weighted by Crippen LogP contribution is 2.18. The van der Waals surface area contributed by atoms with Gasteiger partial charge in [0.1, 0.15) is 11.5 Å². The predicted octanol–water partition coefficient (Wildman–Crippen LogP) is 3.53. The highest BCUT2D eigenvalue weighted by atomic mass is 35.5. The van der Waals surface area contributed by atoms with E-state index in [1.165, 1.54) is 16.8 Å². The lowest BCUT2D eigenvalue weighted by molar-refractivity contribution is 0.102. The number of aromatic nitrogens is 2. The van der Waals surface area contributed by atoms with Gasteiger partial charge in [0.15, 0.2) is 0 Å². The maximum atomic E-state index is 13.9. The van der Waals surface area contributed by atoms with Crippen LogP contribution in [0, 0.1) is 12.7 Å². The molecule has 128 valence electrons. The normalized spacial score (nSPS) is 10.7. The fraction of sp³-hybridized carbons (Fsp3) is 0.111. The summed E-state index contributed by atoms with van der Waals surface area (Å²) in [6.07, 6.45) is 0. The summed E-state index contributed by atoms with van der Waals surface area (Å²) in [6.45, 7) is 1.70. The number of benzene rings is 2. The molecule has 7 heteroatoms. The van der Waals surface area contributed by atoms with Gasteiger partial charge >= 0.3 is 0 Å². The third kappa shape index (κ3) is 3.08. The van der Waals surface area contributed by atoms with Crippen molar-refractivity contribution >= 4 is 23.2 Å². The van der Waals surface area contributed by atoms with Gasteiger partial charge in [0.2, 0.25) is 0 Å². The van der Waals surface area contributed by atoms with Crippen LogP contribution in [0.2, 0.25) is 5.02 Å². The fourth-order valence-electron chi connectivity index (χ4n) is 2.57. The van der Waals surface area contributed by atoms with E-state index in [9.17, 15) is 14.0 Å². The zero-order valence-electron chi connectivity index (χ0n) is 13.6. The highest BCUT2D eigenvalue weighted by molar-refractivity contribution is 6.30. The quantitative estimate of drug-likeness (QED) is 0.777. The van der Waals surface area contributed by atoms with Crippen molar-refractivity contribution in [3.05, 3.63) is 81.0 Å². The molecule has 0 saturated heterocycles. The molecule has 1 aromatic heterocycles. The van der Waals surface area contributed by atoms with Crippen molar-refractivity contribution in [2.75, 3.05) is 5.32 Å². The number of nitrogens with zero attached hydrogens (tertiary/aromatic N) is 2. The van der Waals surface area contributed by atoms with Crippen LogP contribution in [-0.4, -0.2) is 15.3 Å². The van der Waals surface area contributed by atoms with Crippen molar-refractivity contribution in [2.24, 2.45) is 7.05 Å². The molecule has 3 rings (SSSR count). The van der Waals surface area contributed by atoms with Gasteiger partial charge in [0.25, 0.3) is 11.5 Å². The monoisotopic (exact) mass is 359 g/mol. The largest absolute Gasteiger partial charge is 0.316 e. The SMILES string of the molecule is Cc1c(NC(=O)c2ccc(Cl)cc2F)c(=O)n(-c2ccccc2)n1C. The summed E-state index contributed by atoms with van der Waals surface area (Å²) in [5.41, 5.74) is 0.741. The van der Waals surface area contributed by atoms with Gasteiger partial charge in [-0.2, -0.15) is 0 Å². The second kappa shape index (κ2) is 6.57. The number of nitrogens with one attached hydrogen (secondary N) is 1. The molecule has 0 aliphatic rings. The van der Waals surface area contributed by atoms with Crippen LogP contribution in [0.4, 0.5) is 10.1 Å². The number of para-hydroxylation sites is 1. The number of halogens is 2. The van der Waals surface area contributed by atoms with E-state index in [4.69, 9.17) is 11.6 Å². The van der Waals surface area contributed by atoms with Crippen LogP contribution in [0.5, 0.6) is 0 Å². The fourth-order valence-corrected chi connectivity index (χ4v) is 2.73. The Bertz CT molecular complexity index is 1010. The Labute approximate surface area is 148 Å². The number of amides is 1. The number of hydrogen-bond acceptors (Lipinski definition) is 2. The van der Waals surface area contributed by atoms with Gasteiger partial charge in [0.05, 0.1) is 16.9 Å². The third-order valence-corrected chi connectivity index (χ3v) is 4.20. The van der Waals surface area contributed by atoms with Crippen LogP contribution in [0.3, 0.4) is 0 Å². The first-order chi connectivity index (χ1) is 11.9. The number of rotatable bonds is 3. The first-order valence-corrected chi connectivity index (χ1v) is 7.88. The lowest BCUT2D eigenvalue weighted by Crippen LogP contribution is -2.23. The standard InChI is InChI=1S/C18H15ClFN3O2/c1-11-16(21-17(24)14-9-8-12(19)10-15(14)20)18(25)23(22(11)2)13-6-4-3-5-7-13/h3-10H,1-2H3,(H,21,24). The molecule has 0 spiro atoms. The Kier molecular flexibility index (Phi) is 4.46. The Hall–Kier alpha value is -2.86. The van der Waals surface area contributed by atoms with E-state index >= 15 is 0 Å². The van der Waals surface area contributed by atoms with Crippen LogP contribution >= 0.6 is 11.6 Å². The molecule has 0 unspecified atom stereocenters. The van der Waals surface area contributed by atoms with Crippen molar-refractivity contribution < 1.29 is 9.18 Å². The summed E-state index contributed by atoms with van der Waals surface area (Å²) < 4.78 is 17.0. The molecule has 1 amide bonds. The van der Waals surface area contributed by atoms with E-state index < -0.39 is 17.3 Å². The van der Waals surface area contributed by atoms with Gasteiger partial charge in [-0.1, -0.05) is 29.8 Å².